The van der Waals surface area contributed by atoms with Crippen LogP contribution in [0.4, 0.5) is 4.39 Å². The van der Waals surface area contributed by atoms with Crippen LogP contribution in [0.15, 0.2) is 53.1 Å². The summed E-state index contributed by atoms with van der Waals surface area (Å²) < 4.78 is 30.4. The first kappa shape index (κ1) is 25.5. The lowest BCUT2D eigenvalue weighted by molar-refractivity contribution is -0.134. The van der Waals surface area contributed by atoms with E-state index in [0.717, 1.165) is 16.0 Å². The first-order chi connectivity index (χ1) is 17.6. The van der Waals surface area contributed by atoms with Crippen LogP contribution in [0.3, 0.4) is 0 Å². The van der Waals surface area contributed by atoms with Gasteiger partial charge >= 0.3 is 11.9 Å². The van der Waals surface area contributed by atoms with E-state index < -0.39 is 17.4 Å². The van der Waals surface area contributed by atoms with E-state index in [9.17, 15) is 18.8 Å². The number of carbonyl (C=O) groups excluding carboxylic acids is 3. The molecule has 0 amide bonds. The van der Waals surface area contributed by atoms with E-state index in [1.165, 1.54) is 33.1 Å². The zero-order valence-corrected chi connectivity index (χ0v) is 21.9. The highest BCUT2D eigenvalue weighted by atomic mass is 32.2. The Morgan fingerprint density at radius 2 is 1.78 bits per heavy atom. The quantitative estimate of drug-likeness (QED) is 0.414. The van der Waals surface area contributed by atoms with Crippen molar-refractivity contribution in [3.05, 3.63) is 65.2 Å². The maximum atomic E-state index is 13.7. The molecule has 9 heteroatoms. The number of ketones is 1. The Hall–Kier alpha value is -3.17. The Balaban J connectivity index is 1.79. The predicted molar refractivity (Wildman–Crippen MR) is 135 cm³/mol. The molecule has 0 radical (unpaired) electrons. The van der Waals surface area contributed by atoms with Crippen molar-refractivity contribution in [3.63, 3.8) is 0 Å². The number of Topliss-reactive ketones (excluding diaryl/α,β-unsaturated/α-hetero) is 1. The smallest absolute Gasteiger partial charge is 0.308 e. The second-order valence-corrected chi connectivity index (χ2v) is 11.0. The van der Waals surface area contributed by atoms with Gasteiger partial charge in [0.05, 0.1) is 12.4 Å². The van der Waals surface area contributed by atoms with Gasteiger partial charge in [-0.2, -0.15) is 0 Å². The lowest BCUT2D eigenvalue weighted by Gasteiger charge is -2.59. The van der Waals surface area contributed by atoms with Crippen LogP contribution in [-0.2, 0) is 24.5 Å². The molecule has 0 aromatic heterocycles. The van der Waals surface area contributed by atoms with Crippen molar-refractivity contribution in [2.24, 2.45) is 5.92 Å². The molecule has 1 fully saturated rings. The van der Waals surface area contributed by atoms with E-state index >= 15 is 0 Å². The van der Waals surface area contributed by atoms with E-state index in [2.05, 4.69) is 11.9 Å². The van der Waals surface area contributed by atoms with Gasteiger partial charge in [0.15, 0.2) is 23.0 Å². The number of halogens is 1. The van der Waals surface area contributed by atoms with Crippen molar-refractivity contribution < 1.29 is 33.0 Å². The lowest BCUT2D eigenvalue weighted by atomic mass is 9.53. The zero-order valence-electron chi connectivity index (χ0n) is 21.1. The van der Waals surface area contributed by atoms with Gasteiger partial charge in [-0.15, -0.1) is 11.8 Å². The van der Waals surface area contributed by atoms with Crippen LogP contribution < -0.4 is 9.47 Å². The van der Waals surface area contributed by atoms with Crippen molar-refractivity contribution in [2.45, 2.75) is 48.3 Å². The fraction of sp³-hybridized carbons (Fsp3) is 0.393. The SMILES string of the molecule is COC1=CC2C3C(Sc4ccc(F)cc4)c4ccc(OC(C)=O)c(OC(C)=O)c4C2(CCN3C)CC1=O. The van der Waals surface area contributed by atoms with Crippen LogP contribution >= 0.6 is 11.8 Å². The third kappa shape index (κ3) is 4.34. The minimum Gasteiger partial charge on any atom is -0.493 e. The molecule has 1 aliphatic heterocycles. The van der Waals surface area contributed by atoms with Gasteiger partial charge in [-0.05, 0) is 62.0 Å². The number of rotatable bonds is 5. The van der Waals surface area contributed by atoms with Gasteiger partial charge in [-0.3, -0.25) is 14.4 Å². The van der Waals surface area contributed by atoms with Crippen molar-refractivity contribution in [1.29, 1.82) is 0 Å². The molecule has 0 spiro atoms. The highest BCUT2D eigenvalue weighted by Gasteiger charge is 2.60. The van der Waals surface area contributed by atoms with Crippen molar-refractivity contribution in [3.8, 4) is 11.5 Å². The molecule has 1 heterocycles. The molecule has 194 valence electrons. The van der Waals surface area contributed by atoms with E-state index in [-0.39, 0.29) is 46.7 Å². The van der Waals surface area contributed by atoms with Gasteiger partial charge in [0.2, 0.25) is 0 Å². The Kier molecular flexibility index (Phi) is 6.62. The molecule has 2 aliphatic carbocycles. The molecule has 5 rings (SSSR count). The maximum absolute atomic E-state index is 13.7. The fourth-order valence-corrected chi connectivity index (χ4v) is 7.58. The van der Waals surface area contributed by atoms with Crippen LogP contribution in [-0.4, -0.2) is 49.4 Å². The van der Waals surface area contributed by atoms with Crippen LogP contribution in [0, 0.1) is 11.7 Å². The Morgan fingerprint density at radius 3 is 2.43 bits per heavy atom. The summed E-state index contributed by atoms with van der Waals surface area (Å²) in [5.74, 6) is -1.04. The number of thioether (sulfide) groups is 1. The number of benzene rings is 2. The molecule has 1 saturated heterocycles. The molecule has 2 aromatic carbocycles. The van der Waals surface area contributed by atoms with Gasteiger partial charge in [0.25, 0.3) is 0 Å². The minimum atomic E-state index is -0.674. The number of esters is 2. The summed E-state index contributed by atoms with van der Waals surface area (Å²) in [6.07, 6.45) is 2.73. The van der Waals surface area contributed by atoms with Crippen LogP contribution in [0.2, 0.25) is 0 Å². The average molecular weight is 526 g/mol. The molecule has 4 unspecified atom stereocenters. The molecule has 37 heavy (non-hydrogen) atoms. The number of piperidine rings is 1. The number of carbonyl (C=O) groups is 3. The van der Waals surface area contributed by atoms with Crippen molar-refractivity contribution >= 4 is 29.5 Å². The second-order valence-electron chi connectivity index (χ2n) is 9.77. The van der Waals surface area contributed by atoms with E-state index in [0.29, 0.717) is 18.7 Å². The normalized spacial score (nSPS) is 26.5. The number of hydrogen-bond donors (Lipinski definition) is 0. The monoisotopic (exact) mass is 525 g/mol. The van der Waals surface area contributed by atoms with Gasteiger partial charge < -0.3 is 19.1 Å². The fourth-order valence-electron chi connectivity index (χ4n) is 6.15. The van der Waals surface area contributed by atoms with Gasteiger partial charge in [-0.1, -0.05) is 6.07 Å². The number of likely N-dealkylation sites (tertiary alicyclic amines) is 1. The lowest BCUT2D eigenvalue weighted by Crippen LogP contribution is -2.61. The zero-order chi connectivity index (χ0) is 26.5. The minimum absolute atomic E-state index is 0.0284. The Bertz CT molecular complexity index is 1310. The summed E-state index contributed by atoms with van der Waals surface area (Å²) in [4.78, 5) is 40.6. The Labute approximate surface area is 218 Å². The van der Waals surface area contributed by atoms with E-state index in [1.807, 2.05) is 12.1 Å². The summed E-state index contributed by atoms with van der Waals surface area (Å²) in [6, 6.07) is 9.85. The summed E-state index contributed by atoms with van der Waals surface area (Å²) in [6.45, 7) is 3.29. The van der Waals surface area contributed by atoms with Gasteiger partial charge in [-0.25, -0.2) is 4.39 Å². The number of methoxy groups -OCH3 is 1. The molecule has 2 bridgehead atoms. The maximum Gasteiger partial charge on any atom is 0.308 e. The second kappa shape index (κ2) is 9.61. The van der Waals surface area contributed by atoms with E-state index in [1.54, 1.807) is 30.0 Å². The molecule has 3 aliphatic rings. The summed E-state index contributed by atoms with van der Waals surface area (Å²) in [7, 11) is 3.56. The molecule has 7 nitrogen and oxygen atoms in total. The van der Waals surface area contributed by atoms with Crippen molar-refractivity contribution in [1.82, 2.24) is 4.90 Å². The number of nitrogens with zero attached hydrogens (tertiary/aromatic N) is 1. The summed E-state index contributed by atoms with van der Waals surface area (Å²) in [5.41, 5.74) is 0.943. The summed E-state index contributed by atoms with van der Waals surface area (Å²) in [5, 5.41) is -0.160. The number of fused-ring (bicyclic) bond motifs is 1. The Morgan fingerprint density at radius 1 is 1.08 bits per heavy atom. The molecular formula is C28H28FNO6S. The highest BCUT2D eigenvalue weighted by Crippen LogP contribution is 2.63. The third-order valence-corrected chi connectivity index (χ3v) is 8.90. The topological polar surface area (TPSA) is 82.1 Å². The first-order valence-corrected chi connectivity index (χ1v) is 13.0. The average Bonchev–Trinajstić information content (AvgIpc) is 2.84. The van der Waals surface area contributed by atoms with E-state index in [4.69, 9.17) is 14.2 Å². The van der Waals surface area contributed by atoms with Gasteiger partial charge in [0.1, 0.15) is 5.82 Å². The predicted octanol–water partition coefficient (Wildman–Crippen LogP) is 4.58. The highest BCUT2D eigenvalue weighted by molar-refractivity contribution is 7.99. The largest absolute Gasteiger partial charge is 0.493 e. The van der Waals surface area contributed by atoms with Crippen LogP contribution in [0.25, 0.3) is 0 Å². The third-order valence-electron chi connectivity index (χ3n) is 7.57. The van der Waals surface area contributed by atoms with Crippen LogP contribution in [0.1, 0.15) is 43.1 Å². The summed E-state index contributed by atoms with van der Waals surface area (Å²) >= 11 is 1.59. The van der Waals surface area contributed by atoms with Crippen LogP contribution in [0.5, 0.6) is 11.5 Å². The standard InChI is InChI=1S/C28H28FNO6S/c1-15(31)35-22-10-9-19-24(26(22)36-16(2)32)28-11-12-30(3)25(20(28)13-23(34-4)21(33)14-28)27(19)37-18-7-5-17(29)6-8-18/h5-10,13,20,25,27H,11-12,14H2,1-4H3. The number of hydrogen-bond acceptors (Lipinski definition) is 8. The number of allylic oxidation sites excluding steroid dienone is 1. The molecule has 2 aromatic rings. The van der Waals surface area contributed by atoms with Crippen molar-refractivity contribution in [2.75, 3.05) is 20.7 Å². The molecule has 0 N–H and O–H groups in total. The first-order valence-electron chi connectivity index (χ1n) is 12.1. The number of likely N-dealkylation sites (N-methyl/N-ethyl adjacent to an activating group) is 1. The molecule has 0 saturated carbocycles. The van der Waals surface area contributed by atoms with Gasteiger partial charge in [0, 0.05) is 48.1 Å². The molecule has 4 atom stereocenters. The number of ether oxygens (including phenoxy) is 3. The molecular weight excluding hydrogens is 497 g/mol.